The van der Waals surface area contributed by atoms with Crippen LogP contribution in [-0.2, 0) is 11.3 Å². The molecule has 0 amide bonds. The highest BCUT2D eigenvalue weighted by Crippen LogP contribution is 2.28. The van der Waals surface area contributed by atoms with Crippen LogP contribution >= 0.6 is 0 Å². The van der Waals surface area contributed by atoms with Gasteiger partial charge >= 0.3 is 0 Å². The molecule has 118 valence electrons. The SMILES string of the molecule is C[C@H]1CC[C@@H](C(=O)CN)CN1c1cnn(CC(C)(C)O)c1. The molecule has 1 aliphatic heterocycles. The molecule has 6 heteroatoms. The zero-order valence-corrected chi connectivity index (χ0v) is 13.1. The van der Waals surface area contributed by atoms with E-state index >= 15 is 0 Å². The second-order valence-corrected chi connectivity index (χ2v) is 6.65. The van der Waals surface area contributed by atoms with Gasteiger partial charge < -0.3 is 15.7 Å². The van der Waals surface area contributed by atoms with E-state index in [0.29, 0.717) is 19.1 Å². The van der Waals surface area contributed by atoms with Crippen molar-refractivity contribution in [2.45, 2.75) is 51.8 Å². The Morgan fingerprint density at radius 2 is 2.24 bits per heavy atom. The van der Waals surface area contributed by atoms with Gasteiger partial charge in [-0.3, -0.25) is 9.48 Å². The number of nitrogens with zero attached hydrogens (tertiary/aromatic N) is 3. The summed E-state index contributed by atoms with van der Waals surface area (Å²) in [7, 11) is 0. The first kappa shape index (κ1) is 16.0. The van der Waals surface area contributed by atoms with E-state index in [2.05, 4.69) is 16.9 Å². The Hall–Kier alpha value is -1.40. The van der Waals surface area contributed by atoms with Crippen molar-refractivity contribution < 1.29 is 9.90 Å². The molecule has 1 aromatic rings. The molecule has 1 fully saturated rings. The summed E-state index contributed by atoms with van der Waals surface area (Å²) >= 11 is 0. The highest BCUT2D eigenvalue weighted by molar-refractivity contribution is 5.83. The van der Waals surface area contributed by atoms with Gasteiger partial charge in [-0.15, -0.1) is 0 Å². The van der Waals surface area contributed by atoms with Crippen LogP contribution in [0.5, 0.6) is 0 Å². The van der Waals surface area contributed by atoms with Crippen molar-refractivity contribution in [2.24, 2.45) is 11.7 Å². The van der Waals surface area contributed by atoms with Gasteiger partial charge in [0.1, 0.15) is 0 Å². The highest BCUT2D eigenvalue weighted by atomic mass is 16.3. The Balaban J connectivity index is 2.10. The summed E-state index contributed by atoms with van der Waals surface area (Å²) in [5.74, 6) is 0.152. The number of carbonyl (C=O) groups excluding carboxylic acids is 1. The van der Waals surface area contributed by atoms with Gasteiger partial charge in [0.25, 0.3) is 0 Å². The van der Waals surface area contributed by atoms with Gasteiger partial charge in [-0.05, 0) is 33.6 Å². The first-order chi connectivity index (χ1) is 9.80. The fraction of sp³-hybridized carbons (Fsp3) is 0.733. The third-order valence-electron chi connectivity index (χ3n) is 4.04. The van der Waals surface area contributed by atoms with E-state index in [-0.39, 0.29) is 18.2 Å². The van der Waals surface area contributed by atoms with E-state index in [1.165, 1.54) is 0 Å². The van der Waals surface area contributed by atoms with Gasteiger partial charge in [0.05, 0.1) is 30.6 Å². The van der Waals surface area contributed by atoms with Crippen molar-refractivity contribution in [3.8, 4) is 0 Å². The largest absolute Gasteiger partial charge is 0.389 e. The minimum atomic E-state index is -0.797. The lowest BCUT2D eigenvalue weighted by Gasteiger charge is -2.38. The lowest BCUT2D eigenvalue weighted by molar-refractivity contribution is -0.121. The number of ketones is 1. The number of aliphatic hydroxyl groups is 1. The van der Waals surface area contributed by atoms with Crippen LogP contribution in [0.15, 0.2) is 12.4 Å². The molecule has 1 aliphatic rings. The van der Waals surface area contributed by atoms with Crippen LogP contribution in [0.2, 0.25) is 0 Å². The Morgan fingerprint density at radius 3 is 2.86 bits per heavy atom. The van der Waals surface area contributed by atoms with Gasteiger partial charge in [-0.1, -0.05) is 0 Å². The van der Waals surface area contributed by atoms with Gasteiger partial charge in [-0.25, -0.2) is 0 Å². The van der Waals surface area contributed by atoms with Crippen LogP contribution in [0.25, 0.3) is 0 Å². The summed E-state index contributed by atoms with van der Waals surface area (Å²) in [5, 5.41) is 14.2. The van der Waals surface area contributed by atoms with Crippen molar-refractivity contribution in [1.82, 2.24) is 9.78 Å². The predicted octanol–water partition coefficient (Wildman–Crippen LogP) is 0.787. The Labute approximate surface area is 125 Å². The highest BCUT2D eigenvalue weighted by Gasteiger charge is 2.30. The Morgan fingerprint density at radius 1 is 1.52 bits per heavy atom. The minimum absolute atomic E-state index is 0.0174. The molecule has 0 unspecified atom stereocenters. The number of nitrogens with two attached hydrogens (primary N) is 1. The number of carbonyl (C=O) groups is 1. The monoisotopic (exact) mass is 294 g/mol. The number of Topliss-reactive ketones (excluding diaryl/α,β-unsaturated/α-hetero) is 1. The van der Waals surface area contributed by atoms with Gasteiger partial charge in [0.2, 0.25) is 0 Å². The molecule has 0 radical (unpaired) electrons. The molecule has 0 bridgehead atoms. The number of hydrogen-bond donors (Lipinski definition) is 2. The van der Waals surface area contributed by atoms with Crippen molar-refractivity contribution in [3.05, 3.63) is 12.4 Å². The Bertz CT molecular complexity index is 492. The third kappa shape index (κ3) is 4.04. The number of aromatic nitrogens is 2. The number of rotatable bonds is 5. The van der Waals surface area contributed by atoms with E-state index < -0.39 is 5.60 Å². The molecule has 1 saturated heterocycles. The van der Waals surface area contributed by atoms with Crippen molar-refractivity contribution in [2.75, 3.05) is 18.0 Å². The maximum atomic E-state index is 11.8. The summed E-state index contributed by atoms with van der Waals surface area (Å²) in [6.45, 7) is 6.94. The summed E-state index contributed by atoms with van der Waals surface area (Å²) in [6, 6.07) is 0.381. The van der Waals surface area contributed by atoms with Gasteiger partial charge in [-0.2, -0.15) is 5.10 Å². The van der Waals surface area contributed by atoms with Crippen LogP contribution < -0.4 is 10.6 Å². The number of hydrogen-bond acceptors (Lipinski definition) is 5. The second-order valence-electron chi connectivity index (χ2n) is 6.65. The van der Waals surface area contributed by atoms with E-state index in [1.54, 1.807) is 24.7 Å². The van der Waals surface area contributed by atoms with Crippen LogP contribution in [0, 0.1) is 5.92 Å². The number of anilines is 1. The maximum Gasteiger partial charge on any atom is 0.151 e. The second kappa shape index (κ2) is 6.15. The van der Waals surface area contributed by atoms with Gasteiger partial charge in [0.15, 0.2) is 5.78 Å². The lowest BCUT2D eigenvalue weighted by Crippen LogP contribution is -2.45. The quantitative estimate of drug-likeness (QED) is 0.838. The average molecular weight is 294 g/mol. The van der Waals surface area contributed by atoms with Crippen LogP contribution in [0.1, 0.15) is 33.6 Å². The van der Waals surface area contributed by atoms with Crippen LogP contribution in [-0.4, -0.2) is 45.4 Å². The molecule has 0 saturated carbocycles. The molecule has 2 atom stereocenters. The summed E-state index contributed by atoms with van der Waals surface area (Å²) in [6.07, 6.45) is 5.62. The first-order valence-corrected chi connectivity index (χ1v) is 7.54. The lowest BCUT2D eigenvalue weighted by atomic mass is 9.90. The molecule has 0 aromatic carbocycles. The predicted molar refractivity (Wildman–Crippen MR) is 82.1 cm³/mol. The molecule has 6 nitrogen and oxygen atoms in total. The molecule has 2 rings (SSSR count). The van der Waals surface area contributed by atoms with Crippen molar-refractivity contribution in [3.63, 3.8) is 0 Å². The summed E-state index contributed by atoms with van der Waals surface area (Å²) < 4.78 is 1.75. The third-order valence-corrected chi connectivity index (χ3v) is 4.04. The number of piperidine rings is 1. The van der Waals surface area contributed by atoms with Crippen molar-refractivity contribution in [1.29, 1.82) is 0 Å². The molecular formula is C15H26N4O2. The fourth-order valence-corrected chi connectivity index (χ4v) is 2.88. The summed E-state index contributed by atoms with van der Waals surface area (Å²) in [4.78, 5) is 14.1. The molecule has 21 heavy (non-hydrogen) atoms. The molecule has 1 aromatic heterocycles. The summed E-state index contributed by atoms with van der Waals surface area (Å²) in [5.41, 5.74) is 5.69. The molecule has 3 N–H and O–H groups in total. The van der Waals surface area contributed by atoms with E-state index in [1.807, 2.05) is 6.20 Å². The minimum Gasteiger partial charge on any atom is -0.389 e. The topological polar surface area (TPSA) is 84.4 Å². The van der Waals surface area contributed by atoms with E-state index in [0.717, 1.165) is 18.5 Å². The van der Waals surface area contributed by atoms with Crippen LogP contribution in [0.4, 0.5) is 5.69 Å². The Kier molecular flexibility index (Phi) is 4.68. The first-order valence-electron chi connectivity index (χ1n) is 7.54. The van der Waals surface area contributed by atoms with Crippen LogP contribution in [0.3, 0.4) is 0 Å². The molecular weight excluding hydrogens is 268 g/mol. The van der Waals surface area contributed by atoms with E-state index in [9.17, 15) is 9.90 Å². The normalized spacial score (nSPS) is 23.4. The maximum absolute atomic E-state index is 11.8. The standard InChI is InChI=1S/C15H26N4O2/c1-11-4-5-12(14(20)6-16)8-19(11)13-7-17-18(9-13)10-15(2,3)21/h7,9,11-12,21H,4-6,8,10,16H2,1-3H3/t11-,12+/m0/s1. The molecule has 0 aliphatic carbocycles. The fourth-order valence-electron chi connectivity index (χ4n) is 2.88. The molecule has 2 heterocycles. The smallest absolute Gasteiger partial charge is 0.151 e. The molecule has 0 spiro atoms. The van der Waals surface area contributed by atoms with E-state index in [4.69, 9.17) is 5.73 Å². The van der Waals surface area contributed by atoms with Crippen molar-refractivity contribution >= 4 is 11.5 Å². The average Bonchev–Trinajstić information content (AvgIpc) is 2.84. The van der Waals surface area contributed by atoms with Gasteiger partial charge in [0, 0.05) is 24.7 Å². The zero-order chi connectivity index (χ0) is 15.6. The zero-order valence-electron chi connectivity index (χ0n) is 13.1.